The minimum Gasteiger partial charge on any atom is -0.508 e. The molecule has 1 heteroatoms. The van der Waals surface area contributed by atoms with E-state index in [4.69, 9.17) is 0 Å². The number of aryl methyl sites for hydroxylation is 2. The van der Waals surface area contributed by atoms with Crippen LogP contribution >= 0.6 is 0 Å². The smallest absolute Gasteiger partial charge is 0.119 e. The van der Waals surface area contributed by atoms with Crippen molar-refractivity contribution >= 4 is 0 Å². The second-order valence-electron chi connectivity index (χ2n) is 6.30. The number of hydrogen-bond acceptors (Lipinski definition) is 1. The fourth-order valence-corrected chi connectivity index (χ4v) is 2.35. The third-order valence-corrected chi connectivity index (χ3v) is 3.51. The van der Waals surface area contributed by atoms with Crippen LogP contribution in [0.3, 0.4) is 0 Å². The van der Waals surface area contributed by atoms with Crippen molar-refractivity contribution in [2.75, 3.05) is 0 Å². The molecule has 0 aliphatic rings. The Labute approximate surface area is 115 Å². The summed E-state index contributed by atoms with van der Waals surface area (Å²) in [7, 11) is 0. The average Bonchev–Trinajstić information content (AvgIpc) is 2.31. The zero-order chi connectivity index (χ0) is 14.2. The molecule has 0 aliphatic carbocycles. The number of phenolic OH excluding ortho intramolecular Hbond substituents is 1. The molecule has 0 aliphatic heterocycles. The quantitative estimate of drug-likeness (QED) is 0.761. The maximum Gasteiger partial charge on any atom is 0.119 e. The lowest BCUT2D eigenvalue weighted by molar-refractivity contribution is 0.447. The minimum absolute atomic E-state index is 0.0577. The fourth-order valence-electron chi connectivity index (χ4n) is 2.35. The van der Waals surface area contributed by atoms with Crippen molar-refractivity contribution in [3.63, 3.8) is 0 Å². The molecule has 2 rings (SSSR count). The van der Waals surface area contributed by atoms with Gasteiger partial charge < -0.3 is 5.11 Å². The average molecular weight is 254 g/mol. The Hall–Kier alpha value is -1.76. The first-order valence-corrected chi connectivity index (χ1v) is 6.70. The van der Waals surface area contributed by atoms with Gasteiger partial charge in [0.2, 0.25) is 0 Å². The molecule has 0 saturated heterocycles. The van der Waals surface area contributed by atoms with Gasteiger partial charge in [-0.3, -0.25) is 0 Å². The molecule has 1 N–H and O–H groups in total. The van der Waals surface area contributed by atoms with Crippen LogP contribution in [-0.2, 0) is 5.41 Å². The van der Waals surface area contributed by atoms with Crippen molar-refractivity contribution in [1.29, 1.82) is 0 Å². The van der Waals surface area contributed by atoms with Crippen molar-refractivity contribution in [2.24, 2.45) is 0 Å². The summed E-state index contributed by atoms with van der Waals surface area (Å²) >= 11 is 0. The van der Waals surface area contributed by atoms with E-state index >= 15 is 0 Å². The van der Waals surface area contributed by atoms with E-state index in [1.54, 1.807) is 6.07 Å². The summed E-state index contributed by atoms with van der Waals surface area (Å²) < 4.78 is 0. The fraction of sp³-hybridized carbons (Fsp3) is 0.333. The molecule has 0 aromatic heterocycles. The highest BCUT2D eigenvalue weighted by Gasteiger charge is 2.19. The summed E-state index contributed by atoms with van der Waals surface area (Å²) in [6, 6.07) is 12.4. The summed E-state index contributed by atoms with van der Waals surface area (Å²) in [5, 5.41) is 10.0. The maximum atomic E-state index is 10.0. The van der Waals surface area contributed by atoms with Gasteiger partial charge in [0, 0.05) is 0 Å². The van der Waals surface area contributed by atoms with Gasteiger partial charge in [0.15, 0.2) is 0 Å². The predicted molar refractivity (Wildman–Crippen MR) is 81.7 cm³/mol. The van der Waals surface area contributed by atoms with Crippen LogP contribution in [0.1, 0.15) is 37.5 Å². The zero-order valence-electron chi connectivity index (χ0n) is 12.4. The first kappa shape index (κ1) is 13.7. The van der Waals surface area contributed by atoms with E-state index in [0.717, 1.165) is 5.56 Å². The van der Waals surface area contributed by atoms with E-state index in [1.165, 1.54) is 22.3 Å². The maximum absolute atomic E-state index is 10.0. The van der Waals surface area contributed by atoms with Crippen LogP contribution < -0.4 is 0 Å². The van der Waals surface area contributed by atoms with Gasteiger partial charge in [-0.2, -0.15) is 0 Å². The zero-order valence-corrected chi connectivity index (χ0v) is 12.4. The lowest BCUT2D eigenvalue weighted by atomic mass is 9.84. The van der Waals surface area contributed by atoms with Crippen LogP contribution in [0.2, 0.25) is 0 Å². The Balaban J connectivity index is 2.61. The van der Waals surface area contributed by atoms with Crippen molar-refractivity contribution in [3.8, 4) is 16.9 Å². The highest BCUT2D eigenvalue weighted by atomic mass is 16.3. The molecule has 1 nitrogen and oxygen atoms in total. The summed E-state index contributed by atoms with van der Waals surface area (Å²) in [6.07, 6.45) is 0. The van der Waals surface area contributed by atoms with Gasteiger partial charge in [-0.25, -0.2) is 0 Å². The largest absolute Gasteiger partial charge is 0.508 e. The first-order chi connectivity index (χ1) is 8.79. The Bertz CT molecular complexity index is 604. The molecule has 0 spiro atoms. The molecule has 0 heterocycles. The first-order valence-electron chi connectivity index (χ1n) is 6.70. The highest BCUT2D eigenvalue weighted by molar-refractivity contribution is 5.70. The number of rotatable bonds is 1. The second kappa shape index (κ2) is 4.73. The molecule has 0 unspecified atom stereocenters. The standard InChI is InChI=1S/C18H22O/c1-12-6-7-13(2)15(10-12)14-8-9-17(19)16(11-14)18(3,4)5/h6-11,19H,1-5H3. The van der Waals surface area contributed by atoms with Crippen LogP contribution in [0, 0.1) is 13.8 Å². The normalized spacial score (nSPS) is 11.6. The lowest BCUT2D eigenvalue weighted by Gasteiger charge is -2.21. The third-order valence-electron chi connectivity index (χ3n) is 3.51. The summed E-state index contributed by atoms with van der Waals surface area (Å²) in [6.45, 7) is 10.6. The van der Waals surface area contributed by atoms with Crippen LogP contribution in [0.25, 0.3) is 11.1 Å². The second-order valence-corrected chi connectivity index (χ2v) is 6.30. The molecule has 2 aromatic rings. The molecular formula is C18H22O. The predicted octanol–water partition coefficient (Wildman–Crippen LogP) is 4.97. The van der Waals surface area contributed by atoms with Crippen molar-refractivity contribution < 1.29 is 5.11 Å². The Morgan fingerprint density at radius 2 is 1.58 bits per heavy atom. The van der Waals surface area contributed by atoms with E-state index in [0.29, 0.717) is 5.75 Å². The van der Waals surface area contributed by atoms with E-state index in [2.05, 4.69) is 58.9 Å². The van der Waals surface area contributed by atoms with E-state index < -0.39 is 0 Å². The summed E-state index contributed by atoms with van der Waals surface area (Å²) in [5.41, 5.74) is 5.86. The molecular weight excluding hydrogens is 232 g/mol. The molecule has 100 valence electrons. The third kappa shape index (κ3) is 2.81. The number of hydrogen-bond donors (Lipinski definition) is 1. The molecule has 0 atom stereocenters. The molecule has 19 heavy (non-hydrogen) atoms. The van der Waals surface area contributed by atoms with Gasteiger partial charge in [0.1, 0.15) is 5.75 Å². The number of benzene rings is 2. The van der Waals surface area contributed by atoms with Crippen molar-refractivity contribution in [3.05, 3.63) is 53.1 Å². The van der Waals surface area contributed by atoms with Crippen LogP contribution in [-0.4, -0.2) is 5.11 Å². The van der Waals surface area contributed by atoms with E-state index in [1.807, 2.05) is 6.07 Å². The van der Waals surface area contributed by atoms with Gasteiger partial charge in [0.25, 0.3) is 0 Å². The molecule has 0 bridgehead atoms. The molecule has 0 radical (unpaired) electrons. The van der Waals surface area contributed by atoms with Gasteiger partial charge in [-0.1, -0.05) is 50.6 Å². The molecule has 0 amide bonds. The Morgan fingerprint density at radius 1 is 0.895 bits per heavy atom. The molecule has 0 saturated carbocycles. The SMILES string of the molecule is Cc1ccc(C)c(-c2ccc(O)c(C(C)(C)C)c2)c1. The monoisotopic (exact) mass is 254 g/mol. The number of phenols is 1. The number of aromatic hydroxyl groups is 1. The highest BCUT2D eigenvalue weighted by Crippen LogP contribution is 2.35. The summed E-state index contributed by atoms with van der Waals surface area (Å²) in [5.74, 6) is 0.376. The minimum atomic E-state index is -0.0577. The van der Waals surface area contributed by atoms with E-state index in [9.17, 15) is 5.11 Å². The van der Waals surface area contributed by atoms with Crippen LogP contribution in [0.5, 0.6) is 5.75 Å². The molecule has 0 fully saturated rings. The van der Waals surface area contributed by atoms with Gasteiger partial charge in [-0.05, 0) is 53.6 Å². The van der Waals surface area contributed by atoms with E-state index in [-0.39, 0.29) is 5.41 Å². The van der Waals surface area contributed by atoms with Crippen molar-refractivity contribution in [2.45, 2.75) is 40.0 Å². The van der Waals surface area contributed by atoms with Gasteiger partial charge in [0.05, 0.1) is 0 Å². The Kier molecular flexibility index (Phi) is 3.40. The Morgan fingerprint density at radius 3 is 2.21 bits per heavy atom. The van der Waals surface area contributed by atoms with Crippen LogP contribution in [0.15, 0.2) is 36.4 Å². The topological polar surface area (TPSA) is 20.2 Å². The van der Waals surface area contributed by atoms with Gasteiger partial charge in [-0.15, -0.1) is 0 Å². The molecule has 2 aromatic carbocycles. The lowest BCUT2D eigenvalue weighted by Crippen LogP contribution is -2.11. The van der Waals surface area contributed by atoms with Crippen LogP contribution in [0.4, 0.5) is 0 Å². The van der Waals surface area contributed by atoms with Crippen molar-refractivity contribution in [1.82, 2.24) is 0 Å². The van der Waals surface area contributed by atoms with Gasteiger partial charge >= 0.3 is 0 Å². The summed E-state index contributed by atoms with van der Waals surface area (Å²) in [4.78, 5) is 0.